The molecule has 0 bridgehead atoms. The van der Waals surface area contributed by atoms with Crippen LogP contribution >= 0.6 is 0 Å². The van der Waals surface area contributed by atoms with Gasteiger partial charge >= 0.3 is 0 Å². The first kappa shape index (κ1) is 18.0. The van der Waals surface area contributed by atoms with Crippen molar-refractivity contribution >= 4 is 28.7 Å². The van der Waals surface area contributed by atoms with Gasteiger partial charge in [0.2, 0.25) is 5.91 Å². The summed E-state index contributed by atoms with van der Waals surface area (Å²) in [5.41, 5.74) is 11.6. The van der Waals surface area contributed by atoms with Crippen molar-refractivity contribution in [2.75, 3.05) is 13.6 Å². The zero-order valence-corrected chi connectivity index (χ0v) is 16.3. The van der Waals surface area contributed by atoms with Crippen LogP contribution < -0.4 is 5.73 Å². The maximum atomic E-state index is 11.9. The Hall–Kier alpha value is -3.42. The predicted octanol–water partition coefficient (Wildman–Crippen LogP) is 1.66. The third-order valence-corrected chi connectivity index (χ3v) is 5.22. The lowest BCUT2D eigenvalue weighted by Crippen LogP contribution is -2.34. The van der Waals surface area contributed by atoms with Crippen LogP contribution in [0, 0.1) is 0 Å². The minimum absolute atomic E-state index is 0.0785. The number of carbonyl (C=O) groups excluding carboxylic acids is 1. The SMILES string of the molecule is CN=CC(=CN)c1ccc2ncn(-c3nn(C)c4c3CN(C(C)=O)CC4)c2c1. The molecule has 1 aliphatic rings. The van der Waals surface area contributed by atoms with E-state index in [1.807, 2.05) is 39.4 Å². The van der Waals surface area contributed by atoms with Gasteiger partial charge in [-0.2, -0.15) is 5.10 Å². The fraction of sp³-hybridized carbons (Fsp3) is 0.300. The molecule has 28 heavy (non-hydrogen) atoms. The number of aliphatic imine (C=N–C) groups is 1. The summed E-state index contributed by atoms with van der Waals surface area (Å²) in [6.45, 7) is 2.89. The van der Waals surface area contributed by atoms with Crippen LogP contribution in [-0.4, -0.2) is 49.9 Å². The predicted molar refractivity (Wildman–Crippen MR) is 109 cm³/mol. The average molecular weight is 377 g/mol. The Labute approximate surface area is 163 Å². The van der Waals surface area contributed by atoms with Gasteiger partial charge in [0, 0.05) is 63.2 Å². The average Bonchev–Trinajstić information content (AvgIpc) is 3.26. The molecule has 0 spiro atoms. The number of allylic oxidation sites excluding steroid dienone is 1. The second-order valence-electron chi connectivity index (χ2n) is 6.89. The highest BCUT2D eigenvalue weighted by molar-refractivity contribution is 6.10. The van der Waals surface area contributed by atoms with Crippen LogP contribution in [0.3, 0.4) is 0 Å². The van der Waals surface area contributed by atoms with Crippen molar-refractivity contribution in [3.05, 3.63) is 47.5 Å². The Morgan fingerprint density at radius 2 is 2.18 bits per heavy atom. The number of carbonyl (C=O) groups is 1. The third kappa shape index (κ3) is 2.87. The molecule has 3 aromatic rings. The Kier molecular flexibility index (Phi) is 4.46. The third-order valence-electron chi connectivity index (χ3n) is 5.22. The van der Waals surface area contributed by atoms with Crippen molar-refractivity contribution in [3.8, 4) is 5.82 Å². The molecule has 3 heterocycles. The quantitative estimate of drug-likeness (QED) is 0.703. The zero-order valence-electron chi connectivity index (χ0n) is 16.3. The van der Waals surface area contributed by atoms with E-state index in [4.69, 9.17) is 10.8 Å². The summed E-state index contributed by atoms with van der Waals surface area (Å²) in [5.74, 6) is 0.889. The van der Waals surface area contributed by atoms with Gasteiger partial charge in [-0.25, -0.2) is 4.98 Å². The summed E-state index contributed by atoms with van der Waals surface area (Å²) in [4.78, 5) is 22.3. The second kappa shape index (κ2) is 6.95. The van der Waals surface area contributed by atoms with Crippen LogP contribution in [0.15, 0.2) is 35.7 Å². The molecule has 1 amide bonds. The van der Waals surface area contributed by atoms with E-state index in [-0.39, 0.29) is 5.91 Å². The molecule has 0 unspecified atom stereocenters. The fourth-order valence-electron chi connectivity index (χ4n) is 3.74. The second-order valence-corrected chi connectivity index (χ2v) is 6.89. The standard InChI is InChI=1S/C20H23N7O/c1-13(28)26-7-6-18-16(11-26)20(24-25(18)3)27-12-23-17-5-4-14(8-19(17)27)15(9-21)10-22-2/h4-5,8-10,12H,6-7,11,21H2,1-3H3. The number of nitrogens with two attached hydrogens (primary N) is 1. The molecule has 0 saturated carbocycles. The summed E-state index contributed by atoms with van der Waals surface area (Å²) in [6.07, 6.45) is 5.85. The number of benzene rings is 1. The maximum absolute atomic E-state index is 11.9. The number of imidazole rings is 1. The lowest BCUT2D eigenvalue weighted by molar-refractivity contribution is -0.129. The van der Waals surface area contributed by atoms with Crippen molar-refractivity contribution in [2.24, 2.45) is 17.8 Å². The lowest BCUT2D eigenvalue weighted by atomic mass is 10.1. The van der Waals surface area contributed by atoms with E-state index in [1.54, 1.807) is 32.7 Å². The van der Waals surface area contributed by atoms with Gasteiger partial charge in [0.05, 0.1) is 17.6 Å². The van der Waals surface area contributed by atoms with Crippen molar-refractivity contribution in [1.82, 2.24) is 24.2 Å². The summed E-state index contributed by atoms with van der Waals surface area (Å²) in [5, 5.41) is 4.75. The molecule has 8 nitrogen and oxygen atoms in total. The largest absolute Gasteiger partial charge is 0.404 e. The van der Waals surface area contributed by atoms with Crippen LogP contribution in [-0.2, 0) is 24.8 Å². The van der Waals surface area contributed by atoms with E-state index < -0.39 is 0 Å². The highest BCUT2D eigenvalue weighted by atomic mass is 16.2. The molecule has 8 heteroatoms. The highest BCUT2D eigenvalue weighted by Crippen LogP contribution is 2.28. The first-order chi connectivity index (χ1) is 13.5. The summed E-state index contributed by atoms with van der Waals surface area (Å²) >= 11 is 0. The number of fused-ring (bicyclic) bond motifs is 2. The topological polar surface area (TPSA) is 94.3 Å². The minimum Gasteiger partial charge on any atom is -0.404 e. The lowest BCUT2D eigenvalue weighted by Gasteiger charge is -2.26. The van der Waals surface area contributed by atoms with Crippen LogP contribution in [0.2, 0.25) is 0 Å². The molecule has 2 N–H and O–H groups in total. The molecule has 4 rings (SSSR count). The van der Waals surface area contributed by atoms with Crippen molar-refractivity contribution < 1.29 is 4.79 Å². The first-order valence-electron chi connectivity index (χ1n) is 9.15. The summed E-state index contributed by atoms with van der Waals surface area (Å²) in [6, 6.07) is 5.98. The van der Waals surface area contributed by atoms with Gasteiger partial charge in [-0.05, 0) is 17.7 Å². The molecular weight excluding hydrogens is 354 g/mol. The van der Waals surface area contributed by atoms with Crippen molar-refractivity contribution in [2.45, 2.75) is 19.9 Å². The van der Waals surface area contributed by atoms with E-state index >= 15 is 0 Å². The molecule has 1 aromatic carbocycles. The molecule has 144 valence electrons. The number of aromatic nitrogens is 4. The Bertz CT molecular complexity index is 1120. The van der Waals surface area contributed by atoms with E-state index in [0.29, 0.717) is 6.54 Å². The molecule has 0 radical (unpaired) electrons. The maximum Gasteiger partial charge on any atom is 0.219 e. The molecule has 0 saturated heterocycles. The summed E-state index contributed by atoms with van der Waals surface area (Å²) in [7, 11) is 3.66. The van der Waals surface area contributed by atoms with Crippen molar-refractivity contribution in [1.29, 1.82) is 0 Å². The van der Waals surface area contributed by atoms with Gasteiger partial charge in [-0.1, -0.05) is 6.07 Å². The van der Waals surface area contributed by atoms with Gasteiger partial charge in [0.1, 0.15) is 6.33 Å². The van der Waals surface area contributed by atoms with Crippen LogP contribution in [0.25, 0.3) is 22.4 Å². The number of amides is 1. The number of rotatable bonds is 3. The van der Waals surface area contributed by atoms with Crippen LogP contribution in [0.5, 0.6) is 0 Å². The van der Waals surface area contributed by atoms with E-state index in [9.17, 15) is 4.79 Å². The van der Waals surface area contributed by atoms with E-state index in [2.05, 4.69) is 9.98 Å². The number of aryl methyl sites for hydroxylation is 1. The molecular formula is C20H23N7O. The van der Waals surface area contributed by atoms with Crippen molar-refractivity contribution in [3.63, 3.8) is 0 Å². The fourth-order valence-corrected chi connectivity index (χ4v) is 3.74. The van der Waals surface area contributed by atoms with E-state index in [1.165, 1.54) is 0 Å². The number of hydrogen-bond donors (Lipinski definition) is 1. The Morgan fingerprint density at radius 1 is 1.36 bits per heavy atom. The van der Waals surface area contributed by atoms with E-state index in [0.717, 1.165) is 52.2 Å². The monoisotopic (exact) mass is 377 g/mol. The molecule has 0 atom stereocenters. The van der Waals surface area contributed by atoms with Gasteiger partial charge in [-0.15, -0.1) is 0 Å². The van der Waals surface area contributed by atoms with Crippen LogP contribution in [0.4, 0.5) is 0 Å². The number of hydrogen-bond acceptors (Lipinski definition) is 5. The molecule has 1 aliphatic heterocycles. The Balaban J connectivity index is 1.86. The number of nitrogens with zero attached hydrogens (tertiary/aromatic N) is 6. The molecule has 0 aliphatic carbocycles. The smallest absolute Gasteiger partial charge is 0.219 e. The Morgan fingerprint density at radius 3 is 2.89 bits per heavy atom. The van der Waals surface area contributed by atoms with Gasteiger partial charge < -0.3 is 10.6 Å². The molecule has 0 fully saturated rings. The summed E-state index contributed by atoms with van der Waals surface area (Å²) < 4.78 is 3.89. The van der Waals surface area contributed by atoms with Gasteiger partial charge in [0.15, 0.2) is 5.82 Å². The highest BCUT2D eigenvalue weighted by Gasteiger charge is 2.26. The molecule has 2 aromatic heterocycles. The van der Waals surface area contributed by atoms with Gasteiger partial charge in [-0.3, -0.25) is 19.0 Å². The normalized spacial score (nSPS) is 14.8. The zero-order chi connectivity index (χ0) is 19.8. The van der Waals surface area contributed by atoms with Crippen LogP contribution in [0.1, 0.15) is 23.7 Å². The minimum atomic E-state index is 0.0785. The van der Waals surface area contributed by atoms with Gasteiger partial charge in [0.25, 0.3) is 0 Å². The first-order valence-corrected chi connectivity index (χ1v) is 9.15.